The van der Waals surface area contributed by atoms with E-state index in [1.54, 1.807) is 11.3 Å². The maximum atomic E-state index is 10.7. The van der Waals surface area contributed by atoms with Crippen LogP contribution in [0, 0.1) is 0 Å². The number of aliphatic carboxylic acids is 1. The van der Waals surface area contributed by atoms with Gasteiger partial charge in [0.2, 0.25) is 5.52 Å². The Morgan fingerprint density at radius 3 is 2.55 bits per heavy atom. The number of nitrogens with zero attached hydrogens (tertiary/aromatic N) is 1. The highest BCUT2D eigenvalue weighted by Crippen LogP contribution is 2.21. The molecule has 0 bridgehead atoms. The van der Waals surface area contributed by atoms with Gasteiger partial charge in [-0.05, 0) is 37.1 Å². The van der Waals surface area contributed by atoms with Crippen LogP contribution in [0.15, 0.2) is 72.9 Å². The minimum Gasteiger partial charge on any atom is -1.00 e. The summed E-state index contributed by atoms with van der Waals surface area (Å²) >= 11 is 1.77. The highest BCUT2D eigenvalue weighted by molar-refractivity contribution is 7.18. The molecule has 1 aromatic heterocycles. The van der Waals surface area contributed by atoms with Crippen LogP contribution < -0.4 is 26.9 Å². The number of fused-ring (bicyclic) bond motifs is 1. The minimum atomic E-state index is -0.715. The van der Waals surface area contributed by atoms with E-state index in [0.29, 0.717) is 0 Å². The normalized spacial score (nSPS) is 11.2. The van der Waals surface area contributed by atoms with E-state index in [9.17, 15) is 4.79 Å². The molecule has 6 heteroatoms. The van der Waals surface area contributed by atoms with E-state index in [1.165, 1.54) is 15.2 Å². The average Bonchev–Trinajstić information content (AvgIpc) is 3.05. The fourth-order valence-electron chi connectivity index (χ4n) is 3.00. The van der Waals surface area contributed by atoms with Crippen LogP contribution in [0.3, 0.4) is 0 Å². The fourth-order valence-corrected chi connectivity index (χ4v) is 4.10. The number of carboxylic acid groups (broad SMARTS) is 1. The number of para-hydroxylation sites is 2. The van der Waals surface area contributed by atoms with Crippen LogP contribution in [0.25, 0.3) is 16.3 Å². The minimum absolute atomic E-state index is 0. The van der Waals surface area contributed by atoms with E-state index < -0.39 is 5.97 Å². The molecule has 0 aliphatic carbocycles. The molecule has 0 fully saturated rings. The van der Waals surface area contributed by atoms with Crippen molar-refractivity contribution < 1.29 is 31.4 Å². The Morgan fingerprint density at radius 1 is 1.00 bits per heavy atom. The van der Waals surface area contributed by atoms with Crippen molar-refractivity contribution >= 4 is 39.3 Å². The number of benzene rings is 2. The fraction of sp³-hybridized carbons (Fsp3) is 0.217. The van der Waals surface area contributed by atoms with Crippen LogP contribution in [0.5, 0.6) is 0 Å². The summed E-state index contributed by atoms with van der Waals surface area (Å²) in [5, 5.41) is 13.2. The Balaban J connectivity index is 0.00000300. The molecule has 152 valence electrons. The number of nitrogens with one attached hydrogen (secondary N) is 1. The smallest absolute Gasteiger partial charge is 0.303 e. The van der Waals surface area contributed by atoms with Gasteiger partial charge in [0.25, 0.3) is 5.01 Å². The Hall–Kier alpha value is -2.44. The van der Waals surface area contributed by atoms with Gasteiger partial charge < -0.3 is 27.4 Å². The number of aryl methyl sites for hydroxylation is 1. The second kappa shape index (κ2) is 12.2. The zero-order chi connectivity index (χ0) is 19.6. The first-order valence-corrected chi connectivity index (χ1v) is 10.3. The van der Waals surface area contributed by atoms with Crippen molar-refractivity contribution in [3.05, 3.63) is 78.0 Å². The molecule has 0 aliphatic heterocycles. The number of hydrogen-bond donors (Lipinski definition) is 2. The molecule has 4 nitrogen and oxygen atoms in total. The molecule has 2 N–H and O–H groups in total. The van der Waals surface area contributed by atoms with Gasteiger partial charge in [-0.3, -0.25) is 4.79 Å². The third-order valence-corrected chi connectivity index (χ3v) is 5.51. The first-order valence-electron chi connectivity index (χ1n) is 9.52. The first kappa shape index (κ1) is 22.8. The molecule has 0 saturated heterocycles. The van der Waals surface area contributed by atoms with Crippen LogP contribution in [0.4, 0.5) is 5.69 Å². The van der Waals surface area contributed by atoms with E-state index in [0.717, 1.165) is 31.5 Å². The van der Waals surface area contributed by atoms with E-state index in [-0.39, 0.29) is 23.4 Å². The highest BCUT2D eigenvalue weighted by atomic mass is 79.9. The van der Waals surface area contributed by atoms with Crippen molar-refractivity contribution in [2.24, 2.45) is 0 Å². The lowest BCUT2D eigenvalue weighted by molar-refractivity contribution is -0.669. The Labute approximate surface area is 186 Å². The summed E-state index contributed by atoms with van der Waals surface area (Å²) in [5.74, 6) is -0.715. The molecule has 3 aromatic rings. The molecular weight excluding hydrogens is 448 g/mol. The van der Waals surface area contributed by atoms with Gasteiger partial charge in [0.15, 0.2) is 6.54 Å². The molecule has 0 radical (unpaired) electrons. The van der Waals surface area contributed by atoms with Crippen molar-refractivity contribution in [2.75, 3.05) is 5.32 Å². The summed E-state index contributed by atoms with van der Waals surface area (Å²) < 4.78 is 3.59. The number of aromatic nitrogens is 1. The van der Waals surface area contributed by atoms with E-state index in [4.69, 9.17) is 5.11 Å². The molecule has 0 spiro atoms. The van der Waals surface area contributed by atoms with Crippen molar-refractivity contribution in [3.63, 3.8) is 0 Å². The quantitative estimate of drug-likeness (QED) is 0.270. The van der Waals surface area contributed by atoms with Gasteiger partial charge in [-0.25, -0.2) is 0 Å². The molecule has 2 aromatic carbocycles. The average molecular weight is 473 g/mol. The van der Waals surface area contributed by atoms with Crippen molar-refractivity contribution in [3.8, 4) is 0 Å². The monoisotopic (exact) mass is 472 g/mol. The molecule has 0 saturated carbocycles. The van der Waals surface area contributed by atoms with Crippen LogP contribution in [-0.4, -0.2) is 11.1 Å². The van der Waals surface area contributed by atoms with Gasteiger partial charge in [-0.2, -0.15) is 4.57 Å². The third kappa shape index (κ3) is 7.15. The summed E-state index contributed by atoms with van der Waals surface area (Å²) in [6.45, 7) is 0.898. The van der Waals surface area contributed by atoms with E-state index in [2.05, 4.69) is 40.2 Å². The molecule has 0 aliphatic rings. The number of anilines is 1. The topological polar surface area (TPSA) is 53.2 Å². The number of halogens is 1. The van der Waals surface area contributed by atoms with Gasteiger partial charge in [0.05, 0.1) is 0 Å². The molecular formula is C23H25BrN2O2S. The number of carboxylic acids is 1. The lowest BCUT2D eigenvalue weighted by Gasteiger charge is -1.98. The van der Waals surface area contributed by atoms with Crippen LogP contribution in [0.2, 0.25) is 0 Å². The maximum Gasteiger partial charge on any atom is 0.303 e. The SMILES string of the molecule is O=C(O)CCCCC[n+]1c(/C=C/C=C/Nc2ccccc2)sc2ccccc21.[Br-]. The molecule has 0 unspecified atom stereocenters. The lowest BCUT2D eigenvalue weighted by Crippen LogP contribution is -3.00. The predicted octanol–water partition coefficient (Wildman–Crippen LogP) is 2.48. The van der Waals surface area contributed by atoms with Gasteiger partial charge in [0, 0.05) is 36.9 Å². The Bertz CT molecular complexity index is 967. The van der Waals surface area contributed by atoms with Crippen LogP contribution in [-0.2, 0) is 11.3 Å². The van der Waals surface area contributed by atoms with Crippen LogP contribution in [0.1, 0.15) is 30.7 Å². The summed E-state index contributed by atoms with van der Waals surface area (Å²) in [7, 11) is 0. The van der Waals surface area contributed by atoms with Crippen LogP contribution >= 0.6 is 11.3 Å². The highest BCUT2D eigenvalue weighted by Gasteiger charge is 2.17. The molecule has 0 amide bonds. The zero-order valence-electron chi connectivity index (χ0n) is 16.1. The second-order valence-corrected chi connectivity index (χ2v) is 7.55. The number of rotatable bonds is 10. The number of hydrogen-bond acceptors (Lipinski definition) is 3. The summed E-state index contributed by atoms with van der Waals surface area (Å²) in [5.41, 5.74) is 2.29. The molecule has 29 heavy (non-hydrogen) atoms. The van der Waals surface area contributed by atoms with Gasteiger partial charge in [-0.1, -0.05) is 47.7 Å². The van der Waals surface area contributed by atoms with E-state index >= 15 is 0 Å². The summed E-state index contributed by atoms with van der Waals surface area (Å²) in [6.07, 6.45) is 11.0. The molecule has 3 rings (SSSR count). The summed E-state index contributed by atoms with van der Waals surface area (Å²) in [6, 6.07) is 18.5. The summed E-state index contributed by atoms with van der Waals surface area (Å²) in [4.78, 5) is 10.7. The Morgan fingerprint density at radius 2 is 1.76 bits per heavy atom. The largest absolute Gasteiger partial charge is 1.00 e. The first-order chi connectivity index (χ1) is 13.7. The molecule has 1 heterocycles. The lowest BCUT2D eigenvalue weighted by atomic mass is 10.2. The van der Waals surface area contributed by atoms with Crippen molar-refractivity contribution in [1.29, 1.82) is 0 Å². The third-order valence-electron chi connectivity index (χ3n) is 4.38. The predicted molar refractivity (Wildman–Crippen MR) is 116 cm³/mol. The number of allylic oxidation sites excluding steroid dienone is 2. The van der Waals surface area contributed by atoms with Crippen molar-refractivity contribution in [1.82, 2.24) is 0 Å². The van der Waals surface area contributed by atoms with Crippen molar-refractivity contribution in [2.45, 2.75) is 32.2 Å². The maximum absolute atomic E-state index is 10.7. The standard InChI is InChI=1S/C23H24N2O2S.BrH/c26-23(27)16-5-2-10-18-25-20-13-6-7-14-21(20)28-22(25)15-8-9-17-24-19-11-3-1-4-12-19;/h1,3-4,6-9,11-15,17H,2,5,10,16,18H2,(H,26,27);1H. The zero-order valence-corrected chi connectivity index (χ0v) is 18.5. The number of carbonyl (C=O) groups is 1. The van der Waals surface area contributed by atoms with Gasteiger partial charge in [-0.15, -0.1) is 0 Å². The van der Waals surface area contributed by atoms with E-state index in [1.807, 2.05) is 48.7 Å². The van der Waals surface area contributed by atoms with Gasteiger partial charge in [0.1, 0.15) is 4.70 Å². The molecule has 0 atom stereocenters. The van der Waals surface area contributed by atoms with Gasteiger partial charge >= 0.3 is 5.97 Å². The second-order valence-electron chi connectivity index (χ2n) is 6.49. The number of thiazole rings is 1. The number of unbranched alkanes of at least 4 members (excludes halogenated alkanes) is 2. The Kier molecular flexibility index (Phi) is 9.60.